The fourth-order valence-corrected chi connectivity index (χ4v) is 3.40. The maximum Gasteiger partial charge on any atom is 0.267 e. The van der Waals surface area contributed by atoms with Crippen LogP contribution in [-0.2, 0) is 10.0 Å². The first-order chi connectivity index (χ1) is 10.7. The number of nitrogens with zero attached hydrogens (tertiary/aromatic N) is 3. The molecule has 0 fully saturated rings. The number of aromatic nitrogens is 1. The van der Waals surface area contributed by atoms with Crippen molar-refractivity contribution in [2.24, 2.45) is 0 Å². The van der Waals surface area contributed by atoms with Crippen LogP contribution < -0.4 is 9.62 Å². The Balaban J connectivity index is 2.27. The van der Waals surface area contributed by atoms with Crippen LogP contribution in [0.4, 0.5) is 10.8 Å². The second-order valence-corrected chi connectivity index (χ2v) is 7.78. The van der Waals surface area contributed by atoms with Crippen LogP contribution in [0.25, 0.3) is 0 Å². The summed E-state index contributed by atoms with van der Waals surface area (Å²) in [7, 11) is -2.06. The Hall–Kier alpha value is -2.44. The van der Waals surface area contributed by atoms with Gasteiger partial charge in [-0.25, -0.2) is 17.7 Å². The number of carbonyl (C=O) groups excluding carboxylic acids is 1. The van der Waals surface area contributed by atoms with E-state index in [1.54, 1.807) is 31.2 Å². The number of hydrogen-bond acceptors (Lipinski definition) is 6. The number of aryl methyl sites for hydroxylation is 1. The maximum atomic E-state index is 12.3. The maximum absolute atomic E-state index is 12.3. The number of carbonyl (C=O) groups is 1. The lowest BCUT2D eigenvalue weighted by atomic mass is 10.2. The molecule has 0 aliphatic rings. The monoisotopic (exact) mass is 350 g/mol. The smallest absolute Gasteiger partial charge is 0.267 e. The van der Waals surface area contributed by atoms with E-state index in [-0.39, 0.29) is 5.13 Å². The molecule has 0 radical (unpaired) electrons. The minimum atomic E-state index is -3.44. The summed E-state index contributed by atoms with van der Waals surface area (Å²) in [5, 5.41) is 11.8. The van der Waals surface area contributed by atoms with Gasteiger partial charge >= 0.3 is 0 Å². The lowest BCUT2D eigenvalue weighted by Crippen LogP contribution is -2.24. The lowest BCUT2D eigenvalue weighted by molar-refractivity contribution is 0.103. The van der Waals surface area contributed by atoms with Crippen LogP contribution in [0.15, 0.2) is 24.3 Å². The summed E-state index contributed by atoms with van der Waals surface area (Å²) >= 11 is 0.990. The summed E-state index contributed by atoms with van der Waals surface area (Å²) in [5.41, 5.74) is 1.36. The molecule has 0 aliphatic carbocycles. The van der Waals surface area contributed by atoms with E-state index in [9.17, 15) is 13.2 Å². The third-order valence-electron chi connectivity index (χ3n) is 3.01. The molecule has 0 unspecified atom stereocenters. The Morgan fingerprint density at radius 3 is 2.74 bits per heavy atom. The minimum absolute atomic E-state index is 0.223. The number of thiazole rings is 1. The molecule has 7 nitrogen and oxygen atoms in total. The van der Waals surface area contributed by atoms with Crippen LogP contribution in [-0.4, -0.2) is 32.6 Å². The van der Waals surface area contributed by atoms with Gasteiger partial charge in [0, 0.05) is 12.7 Å². The molecule has 2 aromatic rings. The molecular formula is C14H14N4O3S2. The van der Waals surface area contributed by atoms with Crippen molar-refractivity contribution in [2.75, 3.05) is 22.9 Å². The van der Waals surface area contributed by atoms with Crippen molar-refractivity contribution >= 4 is 38.1 Å². The average Bonchev–Trinajstić information content (AvgIpc) is 2.87. The molecule has 1 amide bonds. The molecule has 23 heavy (non-hydrogen) atoms. The van der Waals surface area contributed by atoms with Crippen molar-refractivity contribution in [3.63, 3.8) is 0 Å². The van der Waals surface area contributed by atoms with Crippen LogP contribution in [0.3, 0.4) is 0 Å². The highest BCUT2D eigenvalue weighted by Gasteiger charge is 2.21. The second-order valence-electron chi connectivity index (χ2n) is 4.79. The zero-order valence-corrected chi connectivity index (χ0v) is 14.3. The fourth-order valence-electron chi connectivity index (χ4n) is 1.72. The van der Waals surface area contributed by atoms with Crippen molar-refractivity contribution < 1.29 is 13.2 Å². The zero-order valence-electron chi connectivity index (χ0n) is 12.7. The van der Waals surface area contributed by atoms with Gasteiger partial charge in [-0.15, -0.1) is 0 Å². The highest BCUT2D eigenvalue weighted by molar-refractivity contribution is 7.92. The van der Waals surface area contributed by atoms with Gasteiger partial charge in [0.1, 0.15) is 4.88 Å². The molecule has 0 atom stereocenters. The molecule has 1 aromatic carbocycles. The number of nitrogens with one attached hydrogen (secondary N) is 1. The van der Waals surface area contributed by atoms with Crippen LogP contribution in [0.5, 0.6) is 0 Å². The van der Waals surface area contributed by atoms with E-state index in [0.717, 1.165) is 21.9 Å². The van der Waals surface area contributed by atoms with Gasteiger partial charge in [-0.3, -0.25) is 4.79 Å². The van der Waals surface area contributed by atoms with Gasteiger partial charge in [0.05, 0.1) is 23.6 Å². The summed E-state index contributed by atoms with van der Waals surface area (Å²) in [6, 6.07) is 8.51. The van der Waals surface area contributed by atoms with E-state index >= 15 is 0 Å². The summed E-state index contributed by atoms with van der Waals surface area (Å²) in [4.78, 5) is 16.8. The number of anilines is 2. The Labute approximate surface area is 138 Å². The molecule has 2 rings (SSSR count). The molecule has 1 aromatic heterocycles. The van der Waals surface area contributed by atoms with Crippen molar-refractivity contribution in [3.05, 3.63) is 40.4 Å². The minimum Gasteiger partial charge on any atom is -0.321 e. The van der Waals surface area contributed by atoms with Crippen LogP contribution in [0, 0.1) is 18.3 Å². The van der Waals surface area contributed by atoms with Crippen LogP contribution >= 0.6 is 11.3 Å². The number of benzene rings is 1. The van der Waals surface area contributed by atoms with E-state index < -0.39 is 15.9 Å². The quantitative estimate of drug-likeness (QED) is 0.908. The molecule has 1 heterocycles. The van der Waals surface area contributed by atoms with Gasteiger partial charge in [0.25, 0.3) is 5.91 Å². The normalized spacial score (nSPS) is 10.9. The molecule has 0 saturated heterocycles. The highest BCUT2D eigenvalue weighted by Crippen LogP contribution is 2.27. The molecule has 0 saturated carbocycles. The molecule has 0 spiro atoms. The Bertz CT molecular complexity index is 897. The number of rotatable bonds is 4. The van der Waals surface area contributed by atoms with Gasteiger partial charge in [-0.1, -0.05) is 17.4 Å². The Morgan fingerprint density at radius 2 is 2.13 bits per heavy atom. The first-order valence-corrected chi connectivity index (χ1v) is 9.11. The highest BCUT2D eigenvalue weighted by atomic mass is 32.2. The number of hydrogen-bond donors (Lipinski definition) is 1. The van der Waals surface area contributed by atoms with E-state index in [2.05, 4.69) is 10.3 Å². The molecular weight excluding hydrogens is 336 g/mol. The van der Waals surface area contributed by atoms with Gasteiger partial charge < -0.3 is 5.32 Å². The Morgan fingerprint density at radius 1 is 1.43 bits per heavy atom. The number of nitriles is 1. The average molecular weight is 350 g/mol. The fraction of sp³-hybridized carbons (Fsp3) is 0.214. The molecule has 0 aliphatic heterocycles. The van der Waals surface area contributed by atoms with Crippen molar-refractivity contribution in [2.45, 2.75) is 6.92 Å². The van der Waals surface area contributed by atoms with E-state index in [1.807, 2.05) is 6.07 Å². The molecule has 120 valence electrons. The second kappa shape index (κ2) is 6.36. The predicted octanol–water partition coefficient (Wildman–Crippen LogP) is 1.97. The van der Waals surface area contributed by atoms with Gasteiger partial charge in [0.2, 0.25) is 10.0 Å². The van der Waals surface area contributed by atoms with Crippen LogP contribution in [0.1, 0.15) is 20.9 Å². The SMILES string of the molecule is Cc1nc(N(C)S(C)(=O)=O)sc1C(=O)Nc1cccc(C#N)c1. The summed E-state index contributed by atoms with van der Waals surface area (Å²) in [6.45, 7) is 1.64. The van der Waals surface area contributed by atoms with E-state index in [0.29, 0.717) is 21.8 Å². The first-order valence-electron chi connectivity index (χ1n) is 6.45. The van der Waals surface area contributed by atoms with Crippen molar-refractivity contribution in [3.8, 4) is 6.07 Å². The van der Waals surface area contributed by atoms with Gasteiger partial charge in [0.15, 0.2) is 5.13 Å². The topological polar surface area (TPSA) is 103 Å². The number of sulfonamides is 1. The molecule has 1 N–H and O–H groups in total. The first kappa shape index (κ1) is 16.9. The third kappa shape index (κ3) is 3.85. The molecule has 9 heteroatoms. The Kier molecular flexibility index (Phi) is 4.68. The van der Waals surface area contributed by atoms with Crippen molar-refractivity contribution in [1.29, 1.82) is 5.26 Å². The summed E-state index contributed by atoms with van der Waals surface area (Å²) < 4.78 is 24.1. The van der Waals surface area contributed by atoms with E-state index in [1.165, 1.54) is 7.05 Å². The standard InChI is InChI=1S/C14H14N4O3S2/c1-9-12(22-14(16-9)18(2)23(3,20)21)13(19)17-11-6-4-5-10(7-11)8-15/h4-7H,1-3H3,(H,17,19). The van der Waals surface area contributed by atoms with Crippen molar-refractivity contribution in [1.82, 2.24) is 4.98 Å². The van der Waals surface area contributed by atoms with Crippen LogP contribution in [0.2, 0.25) is 0 Å². The summed E-state index contributed by atoms with van der Waals surface area (Å²) in [6.07, 6.45) is 1.07. The largest absolute Gasteiger partial charge is 0.321 e. The van der Waals surface area contributed by atoms with E-state index in [4.69, 9.17) is 5.26 Å². The number of amides is 1. The zero-order chi connectivity index (χ0) is 17.2. The lowest BCUT2D eigenvalue weighted by Gasteiger charge is -2.11. The summed E-state index contributed by atoms with van der Waals surface area (Å²) in [5.74, 6) is -0.400. The molecule has 0 bridgehead atoms. The van der Waals surface area contributed by atoms with Gasteiger partial charge in [-0.05, 0) is 25.1 Å². The predicted molar refractivity (Wildman–Crippen MR) is 89.2 cm³/mol. The third-order valence-corrected chi connectivity index (χ3v) is 5.52. The van der Waals surface area contributed by atoms with Gasteiger partial charge in [-0.2, -0.15) is 5.26 Å².